The number of rotatable bonds is 3. The Kier molecular flexibility index (Phi) is 4.76. The molecule has 1 fully saturated rings. The number of hydrogen-bond acceptors (Lipinski definition) is 7. The molecule has 25 heavy (non-hydrogen) atoms. The summed E-state index contributed by atoms with van der Waals surface area (Å²) in [6, 6.07) is 5.24. The lowest BCUT2D eigenvalue weighted by Crippen LogP contribution is -2.61. The van der Waals surface area contributed by atoms with Gasteiger partial charge in [0.2, 0.25) is 5.56 Å². The van der Waals surface area contributed by atoms with Crippen LogP contribution in [0.15, 0.2) is 29.1 Å². The maximum atomic E-state index is 11.7. The van der Waals surface area contributed by atoms with Crippen molar-refractivity contribution in [2.45, 2.75) is 30.6 Å². The Morgan fingerprint density at radius 2 is 2.00 bits per heavy atom. The zero-order valence-corrected chi connectivity index (χ0v) is 13.1. The van der Waals surface area contributed by atoms with Crippen LogP contribution in [0.4, 0.5) is 5.69 Å². The molecule has 1 saturated heterocycles. The Balaban J connectivity index is 1.90. The lowest BCUT2D eigenvalue weighted by molar-refractivity contribution is -0.245. The van der Waals surface area contributed by atoms with Crippen LogP contribution in [0.1, 0.15) is 5.56 Å². The minimum atomic E-state index is -1.44. The Morgan fingerprint density at radius 3 is 2.68 bits per heavy atom. The number of aliphatic hydroxyl groups excluding tert-OH is 4. The van der Waals surface area contributed by atoms with Gasteiger partial charge in [-0.05, 0) is 18.2 Å². The van der Waals surface area contributed by atoms with E-state index in [9.17, 15) is 20.1 Å². The minimum absolute atomic E-state index is 0.347. The van der Waals surface area contributed by atoms with Crippen molar-refractivity contribution >= 4 is 16.6 Å². The van der Waals surface area contributed by atoms with Gasteiger partial charge >= 0.3 is 0 Å². The molecule has 8 heteroatoms. The van der Waals surface area contributed by atoms with Crippen LogP contribution in [0.5, 0.6) is 0 Å². The molecule has 5 atom stereocenters. The summed E-state index contributed by atoms with van der Waals surface area (Å²) >= 11 is 0. The molecule has 8 nitrogen and oxygen atoms in total. The van der Waals surface area contributed by atoms with Gasteiger partial charge in [0.25, 0.3) is 0 Å². The van der Waals surface area contributed by atoms with Crippen molar-refractivity contribution in [2.75, 3.05) is 11.9 Å². The van der Waals surface area contributed by atoms with Gasteiger partial charge in [0.05, 0.1) is 12.1 Å². The Hall–Kier alpha value is -2.41. The predicted molar refractivity (Wildman–Crippen MR) is 89.9 cm³/mol. The van der Waals surface area contributed by atoms with Crippen molar-refractivity contribution < 1.29 is 25.2 Å². The molecule has 4 unspecified atom stereocenters. The second kappa shape index (κ2) is 6.84. The SMILES string of the molecule is C#Cc1cc(=O)[nH]c2cc(NC3C(O)OC(CO)[C@H](O)C3O)ccc12. The second-order valence-electron chi connectivity index (χ2n) is 5.85. The van der Waals surface area contributed by atoms with E-state index in [-0.39, 0.29) is 5.56 Å². The maximum absolute atomic E-state index is 11.7. The highest BCUT2D eigenvalue weighted by molar-refractivity contribution is 5.87. The van der Waals surface area contributed by atoms with E-state index in [2.05, 4.69) is 16.2 Å². The van der Waals surface area contributed by atoms with Crippen molar-refractivity contribution in [3.63, 3.8) is 0 Å². The van der Waals surface area contributed by atoms with E-state index in [0.29, 0.717) is 22.2 Å². The first-order chi connectivity index (χ1) is 11.9. The fraction of sp³-hybridized carbons (Fsp3) is 0.353. The molecule has 0 amide bonds. The number of anilines is 1. The molecule has 1 aliphatic rings. The van der Waals surface area contributed by atoms with Gasteiger partial charge in [0, 0.05) is 22.7 Å². The van der Waals surface area contributed by atoms with Crippen molar-refractivity contribution in [3.05, 3.63) is 40.2 Å². The molecule has 0 radical (unpaired) electrons. The smallest absolute Gasteiger partial charge is 0.249 e. The Bertz CT molecular complexity index is 874. The second-order valence-corrected chi connectivity index (χ2v) is 5.85. The van der Waals surface area contributed by atoms with Gasteiger partial charge in [0.15, 0.2) is 6.29 Å². The third-order valence-electron chi connectivity index (χ3n) is 4.23. The van der Waals surface area contributed by atoms with Crippen LogP contribution in [-0.2, 0) is 4.74 Å². The van der Waals surface area contributed by atoms with Gasteiger partial charge in [-0.2, -0.15) is 0 Å². The van der Waals surface area contributed by atoms with E-state index in [1.165, 1.54) is 6.07 Å². The summed E-state index contributed by atoms with van der Waals surface area (Å²) in [5.41, 5.74) is 1.06. The molecule has 0 saturated carbocycles. The lowest BCUT2D eigenvalue weighted by Gasteiger charge is -2.40. The van der Waals surface area contributed by atoms with Crippen molar-refractivity contribution in [3.8, 4) is 12.3 Å². The zero-order valence-electron chi connectivity index (χ0n) is 13.1. The summed E-state index contributed by atoms with van der Waals surface area (Å²) in [6.07, 6.45) is 0.154. The van der Waals surface area contributed by atoms with E-state index in [0.717, 1.165) is 0 Å². The number of pyridine rings is 1. The first-order valence-corrected chi connectivity index (χ1v) is 7.65. The predicted octanol–water partition coefficient (Wildman–Crippen LogP) is -1.28. The number of nitrogens with one attached hydrogen (secondary N) is 2. The minimum Gasteiger partial charge on any atom is -0.394 e. The first kappa shape index (κ1) is 17.4. The molecule has 2 aromatic rings. The average Bonchev–Trinajstić information content (AvgIpc) is 2.60. The summed E-state index contributed by atoms with van der Waals surface area (Å²) < 4.78 is 5.09. The van der Waals surface area contributed by atoms with Crippen molar-refractivity contribution in [1.29, 1.82) is 0 Å². The molecule has 1 aromatic carbocycles. The van der Waals surface area contributed by atoms with Crippen LogP contribution in [0, 0.1) is 12.3 Å². The fourth-order valence-corrected chi connectivity index (χ4v) is 2.91. The Labute approximate surface area is 142 Å². The molecular formula is C17H18N2O6. The maximum Gasteiger partial charge on any atom is 0.249 e. The fourth-order valence-electron chi connectivity index (χ4n) is 2.91. The molecule has 6 N–H and O–H groups in total. The third kappa shape index (κ3) is 3.24. The highest BCUT2D eigenvalue weighted by Crippen LogP contribution is 2.25. The third-order valence-corrected chi connectivity index (χ3v) is 4.23. The van der Waals surface area contributed by atoms with E-state index in [1.54, 1.807) is 18.2 Å². The number of aromatic amines is 1. The van der Waals surface area contributed by atoms with Gasteiger partial charge in [-0.25, -0.2) is 0 Å². The number of fused-ring (bicyclic) bond motifs is 1. The van der Waals surface area contributed by atoms with E-state index in [4.69, 9.17) is 16.3 Å². The van der Waals surface area contributed by atoms with Crippen molar-refractivity contribution in [1.82, 2.24) is 4.98 Å². The standard InChI is InChI=1S/C17H18N2O6/c1-2-8-5-13(21)19-11-6-9(3-4-10(8)11)18-14-16(23)15(22)12(7-20)25-17(14)24/h1,3-6,12,14-18,20,22-24H,7H2,(H,19,21)/t12?,14?,15-,16?,17?/m0/s1. The average molecular weight is 346 g/mol. The lowest BCUT2D eigenvalue weighted by atomic mass is 9.96. The number of ether oxygens (including phenoxy) is 1. The quantitative estimate of drug-likeness (QED) is 0.381. The summed E-state index contributed by atoms with van der Waals surface area (Å²) in [4.78, 5) is 14.3. The number of aromatic nitrogens is 1. The van der Waals surface area contributed by atoms with Crippen LogP contribution in [0.2, 0.25) is 0 Å². The monoisotopic (exact) mass is 346 g/mol. The van der Waals surface area contributed by atoms with Crippen LogP contribution in [0.3, 0.4) is 0 Å². The van der Waals surface area contributed by atoms with Gasteiger partial charge in [-0.15, -0.1) is 6.42 Å². The molecule has 0 aliphatic carbocycles. The van der Waals surface area contributed by atoms with Crippen LogP contribution in [0.25, 0.3) is 10.9 Å². The molecular weight excluding hydrogens is 328 g/mol. The summed E-state index contributed by atoms with van der Waals surface area (Å²) in [6.45, 7) is -0.534. The molecule has 132 valence electrons. The number of terminal acetylenes is 1. The van der Waals surface area contributed by atoms with Gasteiger partial charge in [-0.3, -0.25) is 4.79 Å². The van der Waals surface area contributed by atoms with E-state index < -0.39 is 37.3 Å². The van der Waals surface area contributed by atoms with Crippen LogP contribution >= 0.6 is 0 Å². The highest BCUT2D eigenvalue weighted by Gasteiger charge is 2.43. The topological polar surface area (TPSA) is 135 Å². The summed E-state index contributed by atoms with van der Waals surface area (Å²) in [7, 11) is 0. The number of benzene rings is 1. The molecule has 1 aromatic heterocycles. The number of hydrogen-bond donors (Lipinski definition) is 6. The van der Waals surface area contributed by atoms with Crippen LogP contribution in [-0.4, -0.2) is 62.7 Å². The number of H-pyrrole nitrogens is 1. The normalized spacial score (nSPS) is 29.3. The zero-order chi connectivity index (χ0) is 18.1. The van der Waals surface area contributed by atoms with Gasteiger partial charge in [0.1, 0.15) is 24.4 Å². The summed E-state index contributed by atoms with van der Waals surface area (Å²) in [5, 5.41) is 42.7. The van der Waals surface area contributed by atoms with Crippen LogP contribution < -0.4 is 10.9 Å². The van der Waals surface area contributed by atoms with Gasteiger partial charge in [-0.1, -0.05) is 5.92 Å². The Morgan fingerprint density at radius 1 is 1.24 bits per heavy atom. The molecule has 2 heterocycles. The van der Waals surface area contributed by atoms with E-state index in [1.807, 2.05) is 0 Å². The molecule has 3 rings (SSSR count). The largest absolute Gasteiger partial charge is 0.394 e. The molecule has 0 bridgehead atoms. The highest BCUT2D eigenvalue weighted by atomic mass is 16.6. The van der Waals surface area contributed by atoms with E-state index >= 15 is 0 Å². The molecule has 1 aliphatic heterocycles. The van der Waals surface area contributed by atoms with Gasteiger partial charge < -0.3 is 35.5 Å². The first-order valence-electron chi connectivity index (χ1n) is 7.65. The molecule has 0 spiro atoms. The number of aliphatic hydroxyl groups is 4. The summed E-state index contributed by atoms with van der Waals surface area (Å²) in [5.74, 6) is 2.45. The van der Waals surface area contributed by atoms with Crippen molar-refractivity contribution in [2.24, 2.45) is 0 Å².